The van der Waals surface area contributed by atoms with E-state index in [0.717, 1.165) is 4.90 Å². The normalized spacial score (nSPS) is 12.2. The van der Waals surface area contributed by atoms with Crippen molar-refractivity contribution in [3.05, 3.63) is 23.7 Å². The predicted octanol–water partition coefficient (Wildman–Crippen LogP) is 2.35. The molecule has 1 atom stereocenters. The van der Waals surface area contributed by atoms with Crippen molar-refractivity contribution in [1.82, 2.24) is 4.90 Å². The minimum Gasteiger partial charge on any atom is -0.461 e. The van der Waals surface area contributed by atoms with Gasteiger partial charge in [0.25, 0.3) is 0 Å². The highest BCUT2D eigenvalue weighted by atomic mass is 16.6. The number of hydrogen-bond acceptors (Lipinski definition) is 6. The zero-order valence-corrected chi connectivity index (χ0v) is 13.9. The van der Waals surface area contributed by atoms with Crippen molar-refractivity contribution in [3.8, 4) is 6.07 Å². The van der Waals surface area contributed by atoms with E-state index in [2.05, 4.69) is 0 Å². The van der Waals surface area contributed by atoms with Crippen molar-refractivity contribution in [2.45, 2.75) is 33.3 Å². The Hall–Kier alpha value is -2.62. The lowest BCUT2D eigenvalue weighted by Gasteiger charge is -2.24. The molecule has 0 unspecified atom stereocenters. The molecule has 0 fully saturated rings. The van der Waals surface area contributed by atoms with Crippen molar-refractivity contribution in [2.24, 2.45) is 5.92 Å². The summed E-state index contributed by atoms with van der Waals surface area (Å²) in [7, 11) is 1.36. The van der Waals surface area contributed by atoms with E-state index in [-0.39, 0.29) is 5.76 Å². The first kappa shape index (κ1) is 18.4. The third-order valence-corrected chi connectivity index (χ3v) is 2.90. The predicted molar refractivity (Wildman–Crippen MR) is 80.7 cm³/mol. The van der Waals surface area contributed by atoms with Crippen LogP contribution < -0.4 is 0 Å². The largest absolute Gasteiger partial charge is 0.461 e. The zero-order chi connectivity index (χ0) is 17.8. The van der Waals surface area contributed by atoms with Gasteiger partial charge in [0.15, 0.2) is 17.5 Å². The van der Waals surface area contributed by atoms with Gasteiger partial charge in [-0.05, 0) is 39.3 Å². The molecule has 1 aromatic rings. The highest BCUT2D eigenvalue weighted by Gasteiger charge is 2.32. The Labute approximate surface area is 134 Å². The molecule has 0 radical (unpaired) electrons. The summed E-state index contributed by atoms with van der Waals surface area (Å²) in [4.78, 5) is 37.2. The lowest BCUT2D eigenvalue weighted by molar-refractivity contribution is -0.121. The molecule has 0 spiro atoms. The van der Waals surface area contributed by atoms with Crippen LogP contribution in [0, 0.1) is 24.2 Å². The third kappa shape index (κ3) is 4.95. The number of likely N-dealkylation sites (N-methyl/N-ethyl adjacent to an activating group) is 1. The van der Waals surface area contributed by atoms with E-state index in [1.807, 2.05) is 0 Å². The molecule has 0 bridgehead atoms. The summed E-state index contributed by atoms with van der Waals surface area (Å²) in [6.45, 7) is 6.33. The van der Waals surface area contributed by atoms with Crippen LogP contribution in [0.3, 0.4) is 0 Å². The highest BCUT2D eigenvalue weighted by Crippen LogP contribution is 2.16. The van der Waals surface area contributed by atoms with Crippen molar-refractivity contribution in [3.63, 3.8) is 0 Å². The second kappa shape index (κ2) is 7.09. The Bertz CT molecular complexity index is 648. The summed E-state index contributed by atoms with van der Waals surface area (Å²) < 4.78 is 10.1. The molecule has 1 rings (SSSR count). The van der Waals surface area contributed by atoms with Crippen LogP contribution in [0.5, 0.6) is 0 Å². The SMILES string of the molecule is Cc1ccoc1C(=O)[C@@H](C#N)C(=O)CN(C)C(=O)OC(C)(C)C. The summed E-state index contributed by atoms with van der Waals surface area (Å²) in [6.07, 6.45) is 0.609. The maximum absolute atomic E-state index is 12.2. The van der Waals surface area contributed by atoms with Crippen molar-refractivity contribution in [1.29, 1.82) is 5.26 Å². The Balaban J connectivity index is 2.79. The van der Waals surface area contributed by atoms with Gasteiger partial charge in [-0.15, -0.1) is 0 Å². The fourth-order valence-corrected chi connectivity index (χ4v) is 1.76. The van der Waals surface area contributed by atoms with E-state index in [4.69, 9.17) is 14.4 Å². The first-order valence-corrected chi connectivity index (χ1v) is 7.01. The molecule has 1 heterocycles. The number of rotatable bonds is 5. The molecule has 0 saturated carbocycles. The molecule has 124 valence electrons. The van der Waals surface area contributed by atoms with E-state index >= 15 is 0 Å². The van der Waals surface area contributed by atoms with Gasteiger partial charge in [0.05, 0.1) is 18.9 Å². The van der Waals surface area contributed by atoms with Crippen LogP contribution in [0.1, 0.15) is 36.9 Å². The average molecular weight is 320 g/mol. The van der Waals surface area contributed by atoms with E-state index in [9.17, 15) is 14.4 Å². The molecule has 1 aromatic heterocycles. The average Bonchev–Trinajstić information content (AvgIpc) is 2.83. The topological polar surface area (TPSA) is 101 Å². The number of Topliss-reactive ketones (excluding diaryl/α,β-unsaturated/α-hetero) is 2. The molecule has 0 saturated heterocycles. The number of aryl methyl sites for hydroxylation is 1. The first-order chi connectivity index (χ1) is 10.6. The number of furan rings is 1. The maximum atomic E-state index is 12.2. The second-order valence-corrected chi connectivity index (χ2v) is 6.16. The van der Waals surface area contributed by atoms with Gasteiger partial charge in [-0.1, -0.05) is 0 Å². The van der Waals surface area contributed by atoms with Crippen molar-refractivity contribution in [2.75, 3.05) is 13.6 Å². The highest BCUT2D eigenvalue weighted by molar-refractivity contribution is 6.12. The van der Waals surface area contributed by atoms with Gasteiger partial charge in [-0.2, -0.15) is 5.26 Å². The van der Waals surface area contributed by atoms with Gasteiger partial charge in [-0.3, -0.25) is 9.59 Å². The van der Waals surface area contributed by atoms with Gasteiger partial charge in [0.2, 0.25) is 5.78 Å². The minimum atomic E-state index is -1.52. The molecule has 23 heavy (non-hydrogen) atoms. The molecule has 0 N–H and O–H groups in total. The smallest absolute Gasteiger partial charge is 0.410 e. The van der Waals surface area contributed by atoms with Crippen LogP contribution in [0.4, 0.5) is 4.79 Å². The standard InChI is InChI=1S/C16H20N2O5/c1-10-6-7-22-14(10)13(20)11(8-17)12(19)9-18(5)15(21)23-16(2,3)4/h6-7,11H,9H2,1-5H3/t11-/m0/s1. The quantitative estimate of drug-likeness (QED) is 0.609. The number of amides is 1. The molecule has 7 heteroatoms. The monoisotopic (exact) mass is 320 g/mol. The van der Waals surface area contributed by atoms with E-state index in [1.165, 1.54) is 13.3 Å². The maximum Gasteiger partial charge on any atom is 0.410 e. The van der Waals surface area contributed by atoms with E-state index in [0.29, 0.717) is 5.56 Å². The summed E-state index contributed by atoms with van der Waals surface area (Å²) in [5.74, 6) is -2.95. The van der Waals surface area contributed by atoms with E-state index in [1.54, 1.807) is 39.8 Å². The van der Waals surface area contributed by atoms with E-state index < -0.39 is 35.7 Å². The van der Waals surface area contributed by atoms with Crippen LogP contribution in [0.25, 0.3) is 0 Å². The lowest BCUT2D eigenvalue weighted by atomic mass is 9.97. The fourth-order valence-electron chi connectivity index (χ4n) is 1.76. The lowest BCUT2D eigenvalue weighted by Crippen LogP contribution is -2.40. The minimum absolute atomic E-state index is 0.0233. The molecule has 0 aliphatic carbocycles. The molecular weight excluding hydrogens is 300 g/mol. The van der Waals surface area contributed by atoms with Crippen LogP contribution in [-0.2, 0) is 9.53 Å². The number of ketones is 2. The van der Waals surface area contributed by atoms with Crippen molar-refractivity contribution < 1.29 is 23.5 Å². The van der Waals surface area contributed by atoms with Gasteiger partial charge < -0.3 is 14.1 Å². The summed E-state index contributed by atoms with van der Waals surface area (Å²) in [6, 6.07) is 3.24. The van der Waals surface area contributed by atoms with Gasteiger partial charge in [-0.25, -0.2) is 4.79 Å². The molecule has 0 aliphatic rings. The van der Waals surface area contributed by atoms with Crippen LogP contribution >= 0.6 is 0 Å². The van der Waals surface area contributed by atoms with Crippen LogP contribution in [0.15, 0.2) is 16.7 Å². The third-order valence-electron chi connectivity index (χ3n) is 2.90. The number of nitrogens with zero attached hydrogens (tertiary/aromatic N) is 2. The van der Waals surface area contributed by atoms with Gasteiger partial charge >= 0.3 is 6.09 Å². The zero-order valence-electron chi connectivity index (χ0n) is 13.9. The molecule has 7 nitrogen and oxygen atoms in total. The molecule has 0 aromatic carbocycles. The number of carbonyl (C=O) groups is 3. The Kier molecular flexibility index (Phi) is 5.68. The number of hydrogen-bond donors (Lipinski definition) is 0. The summed E-state index contributed by atoms with van der Waals surface area (Å²) >= 11 is 0. The van der Waals surface area contributed by atoms with Crippen molar-refractivity contribution >= 4 is 17.7 Å². The van der Waals surface area contributed by atoms with Gasteiger partial charge in [0, 0.05) is 7.05 Å². The number of nitriles is 1. The van der Waals surface area contributed by atoms with Crippen LogP contribution in [0.2, 0.25) is 0 Å². The van der Waals surface area contributed by atoms with Crippen LogP contribution in [-0.4, -0.2) is 41.8 Å². The second-order valence-electron chi connectivity index (χ2n) is 6.16. The molecule has 0 aliphatic heterocycles. The molecular formula is C16H20N2O5. The Morgan fingerprint density at radius 2 is 2.00 bits per heavy atom. The fraction of sp³-hybridized carbons (Fsp3) is 0.500. The number of ether oxygens (including phenoxy) is 1. The first-order valence-electron chi connectivity index (χ1n) is 7.01. The number of carbonyl (C=O) groups excluding carboxylic acids is 3. The summed E-state index contributed by atoms with van der Waals surface area (Å²) in [5, 5.41) is 9.13. The Morgan fingerprint density at radius 3 is 2.43 bits per heavy atom. The summed E-state index contributed by atoms with van der Waals surface area (Å²) in [5.41, 5.74) is -0.159. The Morgan fingerprint density at radius 1 is 1.39 bits per heavy atom. The van der Waals surface area contributed by atoms with Gasteiger partial charge in [0.1, 0.15) is 5.60 Å². The molecule has 1 amide bonds.